The molecule has 1 amide bonds. The molecule has 0 unspecified atom stereocenters. The van der Waals surface area contributed by atoms with E-state index in [9.17, 15) is 4.79 Å². The van der Waals surface area contributed by atoms with E-state index in [2.05, 4.69) is 40.4 Å². The highest BCUT2D eigenvalue weighted by atomic mass is 35.5. The molecule has 0 bridgehead atoms. The summed E-state index contributed by atoms with van der Waals surface area (Å²) in [6.07, 6.45) is 1.48. The standard InChI is InChI=1S/C23H18ClN3OS/c1-15-6-4-7-16(12-15)14-29-23-25-13-19(24)21(27-23)22(28)26-20-11-5-9-17-8-2-3-10-18(17)20/h2-13H,14H2,1H3,(H,26,28). The third kappa shape index (κ3) is 4.58. The van der Waals surface area contributed by atoms with Gasteiger partial charge in [-0.3, -0.25) is 4.79 Å². The molecule has 6 heteroatoms. The van der Waals surface area contributed by atoms with Gasteiger partial charge in [-0.1, -0.05) is 89.6 Å². The van der Waals surface area contributed by atoms with Crippen LogP contribution in [0.1, 0.15) is 21.6 Å². The van der Waals surface area contributed by atoms with Gasteiger partial charge in [0, 0.05) is 16.8 Å². The highest BCUT2D eigenvalue weighted by Crippen LogP contribution is 2.26. The van der Waals surface area contributed by atoms with E-state index in [1.165, 1.54) is 29.1 Å². The van der Waals surface area contributed by atoms with Crippen LogP contribution < -0.4 is 5.32 Å². The molecule has 0 radical (unpaired) electrons. The molecule has 1 N–H and O–H groups in total. The SMILES string of the molecule is Cc1cccc(CSc2ncc(Cl)c(C(=O)Nc3cccc4ccccc34)n2)c1. The number of hydrogen-bond acceptors (Lipinski definition) is 4. The van der Waals surface area contributed by atoms with E-state index in [0.29, 0.717) is 10.9 Å². The van der Waals surface area contributed by atoms with Gasteiger partial charge < -0.3 is 5.32 Å². The van der Waals surface area contributed by atoms with E-state index in [1.54, 1.807) is 0 Å². The largest absolute Gasteiger partial charge is 0.320 e. The molecule has 4 nitrogen and oxygen atoms in total. The predicted molar refractivity (Wildman–Crippen MR) is 120 cm³/mol. The first-order valence-electron chi connectivity index (χ1n) is 9.10. The smallest absolute Gasteiger partial charge is 0.275 e. The fourth-order valence-corrected chi connectivity index (χ4v) is 3.98. The lowest BCUT2D eigenvalue weighted by atomic mass is 10.1. The van der Waals surface area contributed by atoms with Gasteiger partial charge in [-0.25, -0.2) is 9.97 Å². The predicted octanol–water partition coefficient (Wildman–Crippen LogP) is 6.14. The number of carbonyl (C=O) groups is 1. The zero-order chi connectivity index (χ0) is 20.2. The number of fused-ring (bicyclic) bond motifs is 1. The second-order valence-electron chi connectivity index (χ2n) is 6.61. The number of nitrogens with one attached hydrogen (secondary N) is 1. The number of rotatable bonds is 5. The summed E-state index contributed by atoms with van der Waals surface area (Å²) in [5, 5.41) is 5.68. The van der Waals surface area contributed by atoms with E-state index in [4.69, 9.17) is 11.6 Å². The Labute approximate surface area is 178 Å². The van der Waals surface area contributed by atoms with Gasteiger partial charge in [0.05, 0.1) is 11.2 Å². The molecule has 0 aliphatic carbocycles. The highest BCUT2D eigenvalue weighted by Gasteiger charge is 2.16. The maximum atomic E-state index is 12.9. The topological polar surface area (TPSA) is 54.9 Å². The van der Waals surface area contributed by atoms with Gasteiger partial charge >= 0.3 is 0 Å². The zero-order valence-electron chi connectivity index (χ0n) is 15.7. The van der Waals surface area contributed by atoms with Crippen LogP contribution in [0.25, 0.3) is 10.8 Å². The van der Waals surface area contributed by atoms with Crippen LogP contribution in [0.5, 0.6) is 0 Å². The van der Waals surface area contributed by atoms with Crippen molar-refractivity contribution < 1.29 is 4.79 Å². The molecule has 0 aliphatic heterocycles. The second kappa shape index (κ2) is 8.64. The van der Waals surface area contributed by atoms with Crippen LogP contribution in [0, 0.1) is 6.92 Å². The van der Waals surface area contributed by atoms with E-state index in [0.717, 1.165) is 16.5 Å². The van der Waals surface area contributed by atoms with Gasteiger partial charge in [0.1, 0.15) is 0 Å². The van der Waals surface area contributed by atoms with Crippen molar-refractivity contribution in [2.45, 2.75) is 17.8 Å². The average Bonchev–Trinajstić information content (AvgIpc) is 2.73. The molecule has 4 rings (SSSR count). The van der Waals surface area contributed by atoms with Gasteiger partial charge in [0.25, 0.3) is 5.91 Å². The molecule has 1 aromatic heterocycles. The number of nitrogens with zero attached hydrogens (tertiary/aromatic N) is 2. The normalized spacial score (nSPS) is 10.8. The monoisotopic (exact) mass is 419 g/mol. The molecule has 0 atom stereocenters. The van der Waals surface area contributed by atoms with Crippen LogP contribution in [0.4, 0.5) is 5.69 Å². The van der Waals surface area contributed by atoms with Crippen molar-refractivity contribution in [2.75, 3.05) is 5.32 Å². The Morgan fingerprint density at radius 3 is 2.72 bits per heavy atom. The Balaban J connectivity index is 1.54. The summed E-state index contributed by atoms with van der Waals surface area (Å²) in [5.41, 5.74) is 3.27. The molecule has 1 heterocycles. The van der Waals surface area contributed by atoms with Crippen LogP contribution in [0.2, 0.25) is 5.02 Å². The number of hydrogen-bond donors (Lipinski definition) is 1. The first kappa shape index (κ1) is 19.4. The molecule has 3 aromatic carbocycles. The average molecular weight is 420 g/mol. The van der Waals surface area contributed by atoms with Gasteiger partial charge in [0.15, 0.2) is 10.9 Å². The van der Waals surface area contributed by atoms with Gasteiger partial charge in [0.2, 0.25) is 0 Å². The van der Waals surface area contributed by atoms with Crippen LogP contribution in [-0.4, -0.2) is 15.9 Å². The van der Waals surface area contributed by atoms with Crippen LogP contribution in [0.15, 0.2) is 78.1 Å². The fraction of sp³-hybridized carbons (Fsp3) is 0.0870. The zero-order valence-corrected chi connectivity index (χ0v) is 17.3. The maximum absolute atomic E-state index is 12.9. The number of amides is 1. The molecule has 0 fully saturated rings. The van der Waals surface area contributed by atoms with Crippen LogP contribution in [-0.2, 0) is 5.75 Å². The van der Waals surface area contributed by atoms with Gasteiger partial charge in [-0.2, -0.15) is 0 Å². The van der Waals surface area contributed by atoms with Crippen LogP contribution in [0.3, 0.4) is 0 Å². The number of halogens is 1. The molecular formula is C23H18ClN3OS. The van der Waals surface area contributed by atoms with Crippen molar-refractivity contribution in [3.05, 3.63) is 94.8 Å². The lowest BCUT2D eigenvalue weighted by Gasteiger charge is -2.10. The summed E-state index contributed by atoms with van der Waals surface area (Å²) >= 11 is 7.69. The molecule has 4 aromatic rings. The van der Waals surface area contributed by atoms with Gasteiger partial charge in [-0.05, 0) is 23.9 Å². The number of thioether (sulfide) groups is 1. The first-order valence-corrected chi connectivity index (χ1v) is 10.5. The molecular weight excluding hydrogens is 402 g/mol. The third-order valence-corrected chi connectivity index (χ3v) is 5.63. The first-order chi connectivity index (χ1) is 14.1. The Bertz CT molecular complexity index is 1190. The van der Waals surface area contributed by atoms with Crippen LogP contribution >= 0.6 is 23.4 Å². The number of aromatic nitrogens is 2. The lowest BCUT2D eigenvalue weighted by molar-refractivity contribution is 0.102. The summed E-state index contributed by atoms with van der Waals surface area (Å²) in [5.74, 6) is 0.361. The molecule has 29 heavy (non-hydrogen) atoms. The highest BCUT2D eigenvalue weighted by molar-refractivity contribution is 7.98. The minimum Gasteiger partial charge on any atom is -0.320 e. The summed E-state index contributed by atoms with van der Waals surface area (Å²) < 4.78 is 0. The Morgan fingerprint density at radius 1 is 1.07 bits per heavy atom. The number of benzene rings is 3. The molecule has 144 valence electrons. The molecule has 0 saturated carbocycles. The number of carbonyl (C=O) groups excluding carboxylic acids is 1. The lowest BCUT2D eigenvalue weighted by Crippen LogP contribution is -2.15. The van der Waals surface area contributed by atoms with E-state index in [-0.39, 0.29) is 16.6 Å². The van der Waals surface area contributed by atoms with E-state index < -0.39 is 0 Å². The Kier molecular flexibility index (Phi) is 5.79. The minimum absolute atomic E-state index is 0.168. The molecule has 0 spiro atoms. The quantitative estimate of drug-likeness (QED) is 0.312. The van der Waals surface area contributed by atoms with E-state index >= 15 is 0 Å². The van der Waals surface area contributed by atoms with Crippen molar-refractivity contribution >= 4 is 45.7 Å². The summed E-state index contributed by atoms with van der Waals surface area (Å²) in [6, 6.07) is 21.9. The van der Waals surface area contributed by atoms with E-state index in [1.807, 2.05) is 48.5 Å². The summed E-state index contributed by atoms with van der Waals surface area (Å²) in [7, 11) is 0. The Hall–Kier alpha value is -2.89. The van der Waals surface area contributed by atoms with Crippen molar-refractivity contribution in [3.8, 4) is 0 Å². The van der Waals surface area contributed by atoms with Crippen molar-refractivity contribution in [1.29, 1.82) is 0 Å². The number of anilines is 1. The molecule has 0 aliphatic rings. The fourth-order valence-electron chi connectivity index (χ4n) is 3.05. The Morgan fingerprint density at radius 2 is 1.86 bits per heavy atom. The number of aryl methyl sites for hydroxylation is 1. The summed E-state index contributed by atoms with van der Waals surface area (Å²) in [6.45, 7) is 2.06. The minimum atomic E-state index is -0.355. The maximum Gasteiger partial charge on any atom is 0.275 e. The van der Waals surface area contributed by atoms with Crippen molar-refractivity contribution in [2.24, 2.45) is 0 Å². The summed E-state index contributed by atoms with van der Waals surface area (Å²) in [4.78, 5) is 21.5. The van der Waals surface area contributed by atoms with Crippen molar-refractivity contribution in [3.63, 3.8) is 0 Å². The molecule has 0 saturated heterocycles. The third-order valence-electron chi connectivity index (χ3n) is 4.43. The van der Waals surface area contributed by atoms with Gasteiger partial charge in [-0.15, -0.1) is 0 Å². The second-order valence-corrected chi connectivity index (χ2v) is 7.96. The van der Waals surface area contributed by atoms with Crippen molar-refractivity contribution in [1.82, 2.24) is 9.97 Å².